The Hall–Kier alpha value is -1.93. The Morgan fingerprint density at radius 3 is 2.42 bits per heavy atom. The predicted molar refractivity (Wildman–Crippen MR) is 90.2 cm³/mol. The molecule has 1 aliphatic rings. The van der Waals surface area contributed by atoms with Crippen molar-refractivity contribution >= 4 is 10.0 Å². The number of nitrogens with zero attached hydrogens (tertiary/aromatic N) is 4. The Kier molecular flexibility index (Phi) is 5.47. The Morgan fingerprint density at radius 2 is 1.75 bits per heavy atom. The highest BCUT2D eigenvalue weighted by Crippen LogP contribution is 2.23. The van der Waals surface area contributed by atoms with Crippen molar-refractivity contribution in [3.05, 3.63) is 42.7 Å². The first-order valence-corrected chi connectivity index (χ1v) is 9.77. The van der Waals surface area contributed by atoms with Gasteiger partial charge in [-0.05, 0) is 31.4 Å². The molecule has 1 aromatic heterocycles. The molecule has 130 valence electrons. The zero-order valence-corrected chi connectivity index (χ0v) is 14.3. The van der Waals surface area contributed by atoms with Crippen molar-refractivity contribution in [3.8, 4) is 5.75 Å². The lowest BCUT2D eigenvalue weighted by Gasteiger charge is -2.30. The molecule has 24 heavy (non-hydrogen) atoms. The van der Waals surface area contributed by atoms with Gasteiger partial charge < -0.3 is 4.74 Å². The molecule has 0 aliphatic carbocycles. The fourth-order valence-corrected chi connectivity index (χ4v) is 4.35. The van der Waals surface area contributed by atoms with Gasteiger partial charge in [-0.3, -0.25) is 0 Å². The largest absolute Gasteiger partial charge is 0.494 e. The first-order chi connectivity index (χ1) is 11.6. The summed E-state index contributed by atoms with van der Waals surface area (Å²) in [5.41, 5.74) is 0. The second-order valence-corrected chi connectivity index (χ2v) is 7.90. The van der Waals surface area contributed by atoms with E-state index < -0.39 is 10.0 Å². The standard InChI is InChI=1S/C16H22N4O3S/c21-24(22,14-4-13-23-16-5-2-1-3-6-16)19-11-7-15(8-12-19)20-17-9-10-18-20/h1-3,5-6,9-10,15H,4,7-8,11-14H2. The molecule has 1 fully saturated rings. The summed E-state index contributed by atoms with van der Waals surface area (Å²) < 4.78 is 32.0. The van der Waals surface area contributed by atoms with E-state index in [0.717, 1.165) is 18.6 Å². The molecule has 0 bridgehead atoms. The molecular formula is C16H22N4O3S. The SMILES string of the molecule is O=S(=O)(CCCOc1ccccc1)N1CCC(n2nccn2)CC1. The average molecular weight is 350 g/mol. The normalized spacial score (nSPS) is 17.0. The van der Waals surface area contributed by atoms with Crippen LogP contribution < -0.4 is 4.74 Å². The zero-order chi connectivity index (χ0) is 16.8. The van der Waals surface area contributed by atoms with E-state index >= 15 is 0 Å². The molecule has 2 aromatic rings. The van der Waals surface area contributed by atoms with Crippen LogP contribution in [0, 0.1) is 0 Å². The molecule has 0 amide bonds. The van der Waals surface area contributed by atoms with Crippen LogP contribution in [-0.2, 0) is 10.0 Å². The lowest BCUT2D eigenvalue weighted by molar-refractivity contribution is 0.244. The monoisotopic (exact) mass is 350 g/mol. The molecule has 0 saturated carbocycles. The highest BCUT2D eigenvalue weighted by atomic mass is 32.2. The third kappa shape index (κ3) is 4.33. The second kappa shape index (κ2) is 7.76. The average Bonchev–Trinajstić information content (AvgIpc) is 3.14. The number of rotatable bonds is 7. The number of ether oxygens (including phenoxy) is 1. The molecule has 1 aromatic carbocycles. The van der Waals surface area contributed by atoms with Crippen molar-refractivity contribution < 1.29 is 13.2 Å². The summed E-state index contributed by atoms with van der Waals surface area (Å²) in [4.78, 5) is 1.68. The van der Waals surface area contributed by atoms with Crippen LogP contribution in [-0.4, -0.2) is 53.2 Å². The second-order valence-electron chi connectivity index (χ2n) is 5.81. The third-order valence-corrected chi connectivity index (χ3v) is 6.10. The molecule has 1 saturated heterocycles. The summed E-state index contributed by atoms with van der Waals surface area (Å²) in [6.07, 6.45) is 5.27. The highest BCUT2D eigenvalue weighted by molar-refractivity contribution is 7.89. The maximum Gasteiger partial charge on any atom is 0.214 e. The molecule has 7 nitrogen and oxygen atoms in total. The van der Waals surface area contributed by atoms with Gasteiger partial charge in [0.05, 0.1) is 30.8 Å². The molecule has 2 heterocycles. The Labute approximate surface area is 142 Å². The van der Waals surface area contributed by atoms with E-state index in [9.17, 15) is 8.42 Å². The van der Waals surface area contributed by atoms with Crippen molar-refractivity contribution in [3.63, 3.8) is 0 Å². The van der Waals surface area contributed by atoms with Crippen molar-refractivity contribution in [2.75, 3.05) is 25.4 Å². The molecule has 0 spiro atoms. The van der Waals surface area contributed by atoms with Gasteiger partial charge in [-0.15, -0.1) is 0 Å². The van der Waals surface area contributed by atoms with Gasteiger partial charge in [0, 0.05) is 13.1 Å². The number of sulfonamides is 1. The van der Waals surface area contributed by atoms with Gasteiger partial charge in [-0.2, -0.15) is 15.0 Å². The van der Waals surface area contributed by atoms with Gasteiger partial charge in [0.1, 0.15) is 5.75 Å². The third-order valence-electron chi connectivity index (χ3n) is 4.14. The van der Waals surface area contributed by atoms with E-state index in [0.29, 0.717) is 26.1 Å². The van der Waals surface area contributed by atoms with Crippen LogP contribution in [0.15, 0.2) is 42.7 Å². The van der Waals surface area contributed by atoms with Crippen LogP contribution in [0.2, 0.25) is 0 Å². The lowest BCUT2D eigenvalue weighted by atomic mass is 10.1. The zero-order valence-electron chi connectivity index (χ0n) is 13.5. The van der Waals surface area contributed by atoms with Gasteiger partial charge >= 0.3 is 0 Å². The quantitative estimate of drug-likeness (QED) is 0.711. The summed E-state index contributed by atoms with van der Waals surface area (Å²) >= 11 is 0. The van der Waals surface area contributed by atoms with E-state index in [1.54, 1.807) is 21.5 Å². The molecule has 0 unspecified atom stereocenters. The Bertz CT molecular complexity index is 711. The number of piperidine rings is 1. The number of hydrogen-bond donors (Lipinski definition) is 0. The van der Waals surface area contributed by atoms with Crippen molar-refractivity contribution in [1.29, 1.82) is 0 Å². The van der Waals surface area contributed by atoms with E-state index in [2.05, 4.69) is 10.2 Å². The van der Waals surface area contributed by atoms with E-state index in [1.807, 2.05) is 30.3 Å². The fourth-order valence-electron chi connectivity index (χ4n) is 2.84. The number of hydrogen-bond acceptors (Lipinski definition) is 5. The molecule has 8 heteroatoms. The van der Waals surface area contributed by atoms with Gasteiger partial charge in [-0.25, -0.2) is 12.7 Å². The van der Waals surface area contributed by atoms with Crippen molar-refractivity contribution in [1.82, 2.24) is 19.3 Å². The van der Waals surface area contributed by atoms with Gasteiger partial charge in [0.2, 0.25) is 10.0 Å². The minimum absolute atomic E-state index is 0.116. The highest BCUT2D eigenvalue weighted by Gasteiger charge is 2.28. The van der Waals surface area contributed by atoms with Crippen LogP contribution in [0.1, 0.15) is 25.3 Å². The maximum absolute atomic E-state index is 12.4. The maximum atomic E-state index is 12.4. The predicted octanol–water partition coefficient (Wildman–Crippen LogP) is 1.71. The number of para-hydroxylation sites is 1. The van der Waals surface area contributed by atoms with Crippen molar-refractivity contribution in [2.45, 2.75) is 25.3 Å². The van der Waals surface area contributed by atoms with Crippen LogP contribution in [0.4, 0.5) is 0 Å². The lowest BCUT2D eigenvalue weighted by Crippen LogP contribution is -2.40. The van der Waals surface area contributed by atoms with E-state index in [1.165, 1.54) is 0 Å². The van der Waals surface area contributed by atoms with Gasteiger partial charge in [0.25, 0.3) is 0 Å². The minimum Gasteiger partial charge on any atom is -0.494 e. The number of benzene rings is 1. The Balaban J connectivity index is 1.42. The first kappa shape index (κ1) is 16.9. The number of aromatic nitrogens is 3. The molecule has 1 aliphatic heterocycles. The Morgan fingerprint density at radius 1 is 1.08 bits per heavy atom. The fraction of sp³-hybridized carbons (Fsp3) is 0.500. The van der Waals surface area contributed by atoms with Crippen LogP contribution in [0.3, 0.4) is 0 Å². The first-order valence-electron chi connectivity index (χ1n) is 8.16. The summed E-state index contributed by atoms with van der Waals surface area (Å²) in [6.45, 7) is 1.44. The smallest absolute Gasteiger partial charge is 0.214 e. The molecule has 0 N–H and O–H groups in total. The summed E-state index contributed by atoms with van der Waals surface area (Å²) in [7, 11) is -3.23. The molecule has 3 rings (SSSR count). The van der Waals surface area contributed by atoms with E-state index in [4.69, 9.17) is 4.74 Å². The van der Waals surface area contributed by atoms with Gasteiger partial charge in [-0.1, -0.05) is 18.2 Å². The van der Waals surface area contributed by atoms with Gasteiger partial charge in [0.15, 0.2) is 0 Å². The summed E-state index contributed by atoms with van der Waals surface area (Å²) in [6, 6.07) is 9.62. The summed E-state index contributed by atoms with van der Waals surface area (Å²) in [5, 5.41) is 8.28. The van der Waals surface area contributed by atoms with Crippen LogP contribution >= 0.6 is 0 Å². The van der Waals surface area contributed by atoms with Crippen molar-refractivity contribution in [2.24, 2.45) is 0 Å². The molecule has 0 radical (unpaired) electrons. The van der Waals surface area contributed by atoms with Crippen LogP contribution in [0.5, 0.6) is 5.75 Å². The minimum atomic E-state index is -3.23. The van der Waals surface area contributed by atoms with E-state index in [-0.39, 0.29) is 11.8 Å². The molecular weight excluding hydrogens is 328 g/mol. The summed E-state index contributed by atoms with van der Waals surface area (Å²) in [5.74, 6) is 0.882. The molecule has 0 atom stereocenters. The van der Waals surface area contributed by atoms with Crippen LogP contribution in [0.25, 0.3) is 0 Å². The topological polar surface area (TPSA) is 77.3 Å².